The van der Waals surface area contributed by atoms with Crippen molar-refractivity contribution in [3.8, 4) is 5.75 Å². The topological polar surface area (TPSA) is 29.5 Å². The van der Waals surface area contributed by atoms with E-state index in [2.05, 4.69) is 58.9 Å². The first-order valence-electron chi connectivity index (χ1n) is 8.80. The second kappa shape index (κ2) is 12.2. The Morgan fingerprint density at radius 3 is 2.17 bits per heavy atom. The van der Waals surface area contributed by atoms with Crippen molar-refractivity contribution in [1.82, 2.24) is 0 Å². The zero-order valence-electron chi connectivity index (χ0n) is 16.1. The highest BCUT2D eigenvalue weighted by atomic mass is 16.5. The van der Waals surface area contributed by atoms with Gasteiger partial charge in [-0.2, -0.15) is 0 Å². The Bertz CT molecular complexity index is 442. The van der Waals surface area contributed by atoms with Gasteiger partial charge < -0.3 is 9.84 Å². The maximum absolute atomic E-state index is 9.20. The molecule has 0 saturated heterocycles. The fraction of sp³-hybridized carbons (Fsp3) is 0.619. The third-order valence-corrected chi connectivity index (χ3v) is 3.21. The largest absolute Gasteiger partial charge is 0.496 e. The summed E-state index contributed by atoms with van der Waals surface area (Å²) in [6, 6.07) is 6.34. The van der Waals surface area contributed by atoms with Crippen LogP contribution in [0.5, 0.6) is 5.75 Å². The Labute approximate surface area is 143 Å². The van der Waals surface area contributed by atoms with Gasteiger partial charge in [-0.1, -0.05) is 52.8 Å². The molecule has 0 heterocycles. The number of hydrogen-bond donors (Lipinski definition) is 1. The Kier molecular flexibility index (Phi) is 11.5. The molecule has 0 aliphatic rings. The van der Waals surface area contributed by atoms with Crippen molar-refractivity contribution in [3.05, 3.63) is 35.4 Å². The molecule has 0 unspecified atom stereocenters. The zero-order chi connectivity index (χ0) is 17.8. The summed E-state index contributed by atoms with van der Waals surface area (Å²) in [5.41, 5.74) is 2.45. The summed E-state index contributed by atoms with van der Waals surface area (Å²) in [5, 5.41) is 9.20. The van der Waals surface area contributed by atoms with Crippen LogP contribution in [0.15, 0.2) is 24.3 Å². The van der Waals surface area contributed by atoms with Gasteiger partial charge in [-0.3, -0.25) is 0 Å². The maximum Gasteiger partial charge on any atom is 0.126 e. The second-order valence-electron chi connectivity index (χ2n) is 7.07. The molecule has 0 saturated carbocycles. The van der Waals surface area contributed by atoms with Crippen molar-refractivity contribution in [2.75, 3.05) is 7.11 Å². The maximum atomic E-state index is 9.20. The first-order valence-corrected chi connectivity index (χ1v) is 8.80. The highest BCUT2D eigenvalue weighted by Crippen LogP contribution is 2.25. The van der Waals surface area contributed by atoms with Crippen LogP contribution < -0.4 is 4.74 Å². The molecule has 0 spiro atoms. The average Bonchev–Trinajstić information content (AvgIpc) is 2.45. The predicted octanol–water partition coefficient (Wildman–Crippen LogP) is 6.05. The van der Waals surface area contributed by atoms with Gasteiger partial charge in [0, 0.05) is 5.56 Å². The smallest absolute Gasteiger partial charge is 0.126 e. The Morgan fingerprint density at radius 2 is 1.70 bits per heavy atom. The molecule has 0 aliphatic carbocycles. The predicted molar refractivity (Wildman–Crippen MR) is 102 cm³/mol. The molecule has 0 fully saturated rings. The lowest BCUT2D eigenvalue weighted by molar-refractivity contribution is 0.182. The quantitative estimate of drug-likeness (QED) is 0.620. The third-order valence-electron chi connectivity index (χ3n) is 3.21. The molecule has 132 valence electrons. The molecule has 1 atom stereocenters. The fourth-order valence-electron chi connectivity index (χ4n) is 1.98. The average molecular weight is 321 g/mol. The number of unbranched alkanes of at least 4 members (excludes halogenated alkanes) is 1. The van der Waals surface area contributed by atoms with Gasteiger partial charge in [0.25, 0.3) is 0 Å². The molecule has 23 heavy (non-hydrogen) atoms. The number of benzene rings is 1. The number of aliphatic hydroxyl groups excluding tert-OH is 1. The van der Waals surface area contributed by atoms with Gasteiger partial charge in [-0.25, -0.2) is 0 Å². The second-order valence-corrected chi connectivity index (χ2v) is 7.07. The van der Waals surface area contributed by atoms with E-state index in [0.29, 0.717) is 5.92 Å². The van der Waals surface area contributed by atoms with Gasteiger partial charge in [-0.15, -0.1) is 0 Å². The fourth-order valence-corrected chi connectivity index (χ4v) is 1.98. The van der Waals surface area contributed by atoms with E-state index in [-0.39, 0.29) is 6.10 Å². The van der Waals surface area contributed by atoms with Gasteiger partial charge in [0.15, 0.2) is 0 Å². The molecule has 2 heteroatoms. The highest BCUT2D eigenvalue weighted by Gasteiger charge is 2.04. The highest BCUT2D eigenvalue weighted by molar-refractivity contribution is 5.58. The molecule has 2 nitrogen and oxygen atoms in total. The standard InChI is InChI=1S/C17H26O2.C4H10/c1-13(2)15-10-11-17(19-4)16(12-15)9-7-5-6-8-14(3)18;1-4(2)3/h7,9-14,18H,5-6,8H2,1-4H3;4H,1-3H3/b9-7+;/t14-;/m0./s1. The van der Waals surface area contributed by atoms with Gasteiger partial charge >= 0.3 is 0 Å². The van der Waals surface area contributed by atoms with Crippen molar-refractivity contribution in [3.63, 3.8) is 0 Å². The van der Waals surface area contributed by atoms with Crippen LogP contribution in [0, 0.1) is 5.92 Å². The minimum Gasteiger partial charge on any atom is -0.496 e. The summed E-state index contributed by atoms with van der Waals surface area (Å²) >= 11 is 0. The van der Waals surface area contributed by atoms with Crippen LogP contribution in [0.3, 0.4) is 0 Å². The summed E-state index contributed by atoms with van der Waals surface area (Å²) in [6.45, 7) is 12.7. The summed E-state index contributed by atoms with van der Waals surface area (Å²) in [7, 11) is 1.70. The molecule has 0 amide bonds. The van der Waals surface area contributed by atoms with Crippen molar-refractivity contribution < 1.29 is 9.84 Å². The number of hydrogen-bond acceptors (Lipinski definition) is 2. The molecule has 1 rings (SSSR count). The minimum absolute atomic E-state index is 0.202. The Hall–Kier alpha value is -1.28. The van der Waals surface area contributed by atoms with Crippen LogP contribution in [0.4, 0.5) is 0 Å². The van der Waals surface area contributed by atoms with Gasteiger partial charge in [-0.05, 0) is 55.7 Å². The molecule has 0 aromatic heterocycles. The molecule has 0 bridgehead atoms. The van der Waals surface area contributed by atoms with E-state index < -0.39 is 0 Å². The van der Waals surface area contributed by atoms with Crippen molar-refractivity contribution >= 4 is 6.08 Å². The molecule has 1 aromatic carbocycles. The molecular weight excluding hydrogens is 284 g/mol. The minimum atomic E-state index is -0.202. The van der Waals surface area contributed by atoms with Gasteiger partial charge in [0.2, 0.25) is 0 Å². The van der Waals surface area contributed by atoms with Crippen LogP contribution in [0.25, 0.3) is 6.08 Å². The molecular formula is C21H36O2. The number of methoxy groups -OCH3 is 1. The lowest BCUT2D eigenvalue weighted by atomic mass is 10.00. The summed E-state index contributed by atoms with van der Waals surface area (Å²) in [6.07, 6.45) is 6.93. The number of ether oxygens (including phenoxy) is 1. The normalized spacial score (nSPS) is 12.4. The lowest BCUT2D eigenvalue weighted by Crippen LogP contribution is -1.97. The molecule has 1 N–H and O–H groups in total. The first kappa shape index (κ1) is 21.7. The number of aliphatic hydroxyl groups is 1. The van der Waals surface area contributed by atoms with Crippen LogP contribution in [0.2, 0.25) is 0 Å². The molecule has 0 aliphatic heterocycles. The van der Waals surface area contributed by atoms with E-state index >= 15 is 0 Å². The van der Waals surface area contributed by atoms with E-state index in [0.717, 1.165) is 36.5 Å². The zero-order valence-corrected chi connectivity index (χ0v) is 16.1. The van der Waals surface area contributed by atoms with Gasteiger partial charge in [0.1, 0.15) is 5.75 Å². The van der Waals surface area contributed by atoms with Gasteiger partial charge in [0.05, 0.1) is 13.2 Å². The molecule has 0 radical (unpaired) electrons. The summed E-state index contributed by atoms with van der Waals surface area (Å²) < 4.78 is 5.38. The lowest BCUT2D eigenvalue weighted by Gasteiger charge is -2.10. The Morgan fingerprint density at radius 1 is 1.09 bits per heavy atom. The third kappa shape index (κ3) is 11.0. The van der Waals surface area contributed by atoms with Crippen LogP contribution >= 0.6 is 0 Å². The summed E-state index contributed by atoms with van der Waals surface area (Å²) in [4.78, 5) is 0. The van der Waals surface area contributed by atoms with E-state index in [4.69, 9.17) is 4.74 Å². The number of allylic oxidation sites excluding steroid dienone is 1. The van der Waals surface area contributed by atoms with E-state index in [1.54, 1.807) is 7.11 Å². The van der Waals surface area contributed by atoms with Crippen LogP contribution in [0.1, 0.15) is 77.8 Å². The van der Waals surface area contributed by atoms with E-state index in [1.807, 2.05) is 13.0 Å². The monoisotopic (exact) mass is 320 g/mol. The SMILES string of the molecule is CC(C)C.COc1ccc(C(C)C)cc1/C=C/CCC[C@H](C)O. The summed E-state index contributed by atoms with van der Waals surface area (Å²) in [5.74, 6) is 2.27. The van der Waals surface area contributed by atoms with E-state index in [1.165, 1.54) is 5.56 Å². The van der Waals surface area contributed by atoms with E-state index in [9.17, 15) is 5.11 Å². The van der Waals surface area contributed by atoms with Crippen molar-refractivity contribution in [2.24, 2.45) is 5.92 Å². The van der Waals surface area contributed by atoms with Crippen LogP contribution in [-0.4, -0.2) is 18.3 Å². The first-order chi connectivity index (χ1) is 10.8. The van der Waals surface area contributed by atoms with Crippen molar-refractivity contribution in [1.29, 1.82) is 0 Å². The molecule has 1 aromatic rings. The van der Waals surface area contributed by atoms with Crippen molar-refractivity contribution in [2.45, 2.75) is 72.8 Å². The number of rotatable bonds is 7. The van der Waals surface area contributed by atoms with Crippen LogP contribution in [-0.2, 0) is 0 Å². The Balaban J connectivity index is 0.00000108.